The SMILES string of the molecule is COc1ccc2c3c1OC1CC(O)C=CC31CC[C@@H](C)C2. The number of hydrogen-bond donors (Lipinski definition) is 1. The summed E-state index contributed by atoms with van der Waals surface area (Å²) in [5.41, 5.74) is 2.64. The molecule has 1 N–H and O–H groups in total. The van der Waals surface area contributed by atoms with Crippen molar-refractivity contribution in [3.63, 3.8) is 0 Å². The van der Waals surface area contributed by atoms with Crippen LogP contribution in [0, 0.1) is 5.92 Å². The van der Waals surface area contributed by atoms with Gasteiger partial charge in [-0.3, -0.25) is 0 Å². The van der Waals surface area contributed by atoms with Gasteiger partial charge in [0.15, 0.2) is 11.5 Å². The Morgan fingerprint density at radius 3 is 3.05 bits per heavy atom. The van der Waals surface area contributed by atoms with E-state index >= 15 is 0 Å². The van der Waals surface area contributed by atoms with Gasteiger partial charge < -0.3 is 14.6 Å². The Morgan fingerprint density at radius 1 is 1.38 bits per heavy atom. The molecule has 1 aromatic rings. The van der Waals surface area contributed by atoms with E-state index in [4.69, 9.17) is 9.47 Å². The third-order valence-electron chi connectivity index (χ3n) is 5.42. The van der Waals surface area contributed by atoms with E-state index in [2.05, 4.69) is 19.1 Å². The van der Waals surface area contributed by atoms with Crippen molar-refractivity contribution in [3.05, 3.63) is 35.4 Å². The molecule has 0 aromatic heterocycles. The Hall–Kier alpha value is -1.48. The summed E-state index contributed by atoms with van der Waals surface area (Å²) in [5.74, 6) is 2.41. The highest BCUT2D eigenvalue weighted by Gasteiger charge is 2.52. The van der Waals surface area contributed by atoms with Crippen molar-refractivity contribution < 1.29 is 14.6 Å². The fraction of sp³-hybridized carbons (Fsp3) is 0.556. The lowest BCUT2D eigenvalue weighted by Crippen LogP contribution is -2.41. The van der Waals surface area contributed by atoms with Crippen LogP contribution in [-0.4, -0.2) is 24.4 Å². The number of benzene rings is 1. The van der Waals surface area contributed by atoms with Crippen LogP contribution in [0.4, 0.5) is 0 Å². The van der Waals surface area contributed by atoms with Crippen LogP contribution in [0.1, 0.15) is 37.3 Å². The average Bonchev–Trinajstić information content (AvgIpc) is 2.72. The first kappa shape index (κ1) is 13.2. The van der Waals surface area contributed by atoms with Crippen LogP contribution in [0.2, 0.25) is 0 Å². The van der Waals surface area contributed by atoms with E-state index < -0.39 is 6.10 Å². The molecule has 0 saturated carbocycles. The summed E-state index contributed by atoms with van der Waals surface area (Å²) in [4.78, 5) is 0. The van der Waals surface area contributed by atoms with Gasteiger partial charge in [0.1, 0.15) is 6.10 Å². The Balaban J connectivity index is 1.95. The monoisotopic (exact) mass is 286 g/mol. The van der Waals surface area contributed by atoms with E-state index in [9.17, 15) is 5.11 Å². The summed E-state index contributed by atoms with van der Waals surface area (Å²) in [6, 6.07) is 4.23. The molecule has 0 saturated heterocycles. The first-order valence-electron chi connectivity index (χ1n) is 7.88. The smallest absolute Gasteiger partial charge is 0.166 e. The van der Waals surface area contributed by atoms with Gasteiger partial charge in [0.2, 0.25) is 0 Å². The van der Waals surface area contributed by atoms with Gasteiger partial charge in [0.25, 0.3) is 0 Å². The number of rotatable bonds is 1. The lowest BCUT2D eigenvalue weighted by atomic mass is 9.69. The maximum absolute atomic E-state index is 9.98. The van der Waals surface area contributed by atoms with Gasteiger partial charge in [-0.2, -0.15) is 0 Å². The Bertz CT molecular complexity index is 607. The van der Waals surface area contributed by atoms with Gasteiger partial charge in [0.05, 0.1) is 18.6 Å². The van der Waals surface area contributed by atoms with Gasteiger partial charge in [-0.15, -0.1) is 0 Å². The highest BCUT2D eigenvalue weighted by Crippen LogP contribution is 2.56. The van der Waals surface area contributed by atoms with Crippen molar-refractivity contribution in [1.82, 2.24) is 0 Å². The Labute approximate surface area is 125 Å². The molecule has 2 aliphatic carbocycles. The van der Waals surface area contributed by atoms with Crippen molar-refractivity contribution >= 4 is 0 Å². The molecule has 21 heavy (non-hydrogen) atoms. The molecule has 3 unspecified atom stereocenters. The molecule has 0 radical (unpaired) electrons. The minimum Gasteiger partial charge on any atom is -0.493 e. The number of methoxy groups -OCH3 is 1. The van der Waals surface area contributed by atoms with Crippen molar-refractivity contribution in [2.45, 2.75) is 50.2 Å². The Morgan fingerprint density at radius 2 is 2.24 bits per heavy atom. The van der Waals surface area contributed by atoms with E-state index in [1.807, 2.05) is 12.1 Å². The van der Waals surface area contributed by atoms with Crippen LogP contribution in [0.25, 0.3) is 0 Å². The molecular formula is C18H22O3. The molecule has 0 amide bonds. The molecule has 3 heteroatoms. The number of hydrogen-bond acceptors (Lipinski definition) is 3. The first-order valence-corrected chi connectivity index (χ1v) is 7.88. The largest absolute Gasteiger partial charge is 0.493 e. The molecular weight excluding hydrogens is 264 g/mol. The predicted octanol–water partition coefficient (Wildman–Crippen LogP) is 2.99. The van der Waals surface area contributed by atoms with Crippen LogP contribution < -0.4 is 9.47 Å². The van der Waals surface area contributed by atoms with Crippen LogP contribution in [-0.2, 0) is 11.8 Å². The summed E-state index contributed by atoms with van der Waals surface area (Å²) >= 11 is 0. The van der Waals surface area contributed by atoms with Crippen LogP contribution in [0.15, 0.2) is 24.3 Å². The topological polar surface area (TPSA) is 38.7 Å². The fourth-order valence-electron chi connectivity index (χ4n) is 4.33. The lowest BCUT2D eigenvalue weighted by molar-refractivity contribution is 0.0832. The van der Waals surface area contributed by atoms with E-state index in [-0.39, 0.29) is 11.5 Å². The molecule has 1 spiro atoms. The molecule has 1 heterocycles. The zero-order valence-electron chi connectivity index (χ0n) is 12.6. The second-order valence-electron chi connectivity index (χ2n) is 6.79. The van der Waals surface area contributed by atoms with Crippen molar-refractivity contribution in [2.24, 2.45) is 5.92 Å². The van der Waals surface area contributed by atoms with Gasteiger partial charge in [-0.25, -0.2) is 0 Å². The zero-order chi connectivity index (χ0) is 14.6. The molecule has 4 rings (SSSR count). The minimum atomic E-state index is -0.398. The van der Waals surface area contributed by atoms with Crippen molar-refractivity contribution in [1.29, 1.82) is 0 Å². The predicted molar refractivity (Wildman–Crippen MR) is 81.0 cm³/mol. The lowest BCUT2D eigenvalue weighted by Gasteiger charge is -2.35. The molecule has 0 fully saturated rings. The maximum atomic E-state index is 9.98. The zero-order valence-corrected chi connectivity index (χ0v) is 12.6. The van der Waals surface area contributed by atoms with E-state index in [0.29, 0.717) is 12.3 Å². The normalized spacial score (nSPS) is 36.4. The van der Waals surface area contributed by atoms with Gasteiger partial charge in [-0.05, 0) is 36.8 Å². The standard InChI is InChI=1S/C18H22O3/c1-11-5-7-18-8-6-13(19)10-15(18)21-17-14(20-2)4-3-12(9-11)16(17)18/h3-4,6,8,11,13,15,19H,5,7,9-10H2,1-2H3/t11-,13?,15?,18?/m1/s1. The molecule has 0 bridgehead atoms. The summed E-state index contributed by atoms with van der Waals surface area (Å²) in [7, 11) is 1.69. The summed E-state index contributed by atoms with van der Waals surface area (Å²) < 4.78 is 11.8. The molecule has 4 atom stereocenters. The van der Waals surface area contributed by atoms with Crippen LogP contribution in [0.3, 0.4) is 0 Å². The quantitative estimate of drug-likeness (QED) is 0.807. The highest BCUT2D eigenvalue weighted by atomic mass is 16.5. The third-order valence-corrected chi connectivity index (χ3v) is 5.42. The number of aliphatic hydroxyl groups is 1. The van der Waals surface area contributed by atoms with Gasteiger partial charge in [0, 0.05) is 12.0 Å². The minimum absolute atomic E-state index is 0.0350. The average molecular weight is 286 g/mol. The van der Waals surface area contributed by atoms with E-state index in [1.54, 1.807) is 7.11 Å². The Kier molecular flexibility index (Phi) is 2.83. The van der Waals surface area contributed by atoms with Crippen molar-refractivity contribution in [2.75, 3.05) is 7.11 Å². The summed E-state index contributed by atoms with van der Waals surface area (Å²) in [5, 5.41) is 9.98. The maximum Gasteiger partial charge on any atom is 0.166 e. The fourth-order valence-corrected chi connectivity index (χ4v) is 4.33. The third kappa shape index (κ3) is 1.76. The van der Waals surface area contributed by atoms with Crippen molar-refractivity contribution in [3.8, 4) is 11.5 Å². The second kappa shape index (κ2) is 4.51. The van der Waals surface area contributed by atoms with Gasteiger partial charge in [-0.1, -0.05) is 25.1 Å². The molecule has 112 valence electrons. The molecule has 3 aliphatic rings. The number of ether oxygens (including phenoxy) is 2. The molecule has 3 nitrogen and oxygen atoms in total. The molecule has 1 aliphatic heterocycles. The highest BCUT2D eigenvalue weighted by molar-refractivity contribution is 5.61. The van der Waals surface area contributed by atoms with Gasteiger partial charge >= 0.3 is 0 Å². The first-order chi connectivity index (χ1) is 10.1. The van der Waals surface area contributed by atoms with Crippen LogP contribution in [0.5, 0.6) is 11.5 Å². The van der Waals surface area contributed by atoms with E-state index in [0.717, 1.165) is 24.3 Å². The summed E-state index contributed by atoms with van der Waals surface area (Å²) in [6.45, 7) is 2.32. The number of aliphatic hydroxyl groups excluding tert-OH is 1. The van der Waals surface area contributed by atoms with Crippen LogP contribution >= 0.6 is 0 Å². The van der Waals surface area contributed by atoms with E-state index in [1.165, 1.54) is 17.5 Å². The summed E-state index contributed by atoms with van der Waals surface area (Å²) in [6.07, 6.45) is 7.85. The second-order valence-corrected chi connectivity index (χ2v) is 6.79. The molecule has 1 aromatic carbocycles.